The largest absolute Gasteiger partial charge is 0.466 e. The highest BCUT2D eigenvalue weighted by molar-refractivity contribution is 7.99. The molecular weight excluding hydrogens is 270 g/mol. The van der Waals surface area contributed by atoms with Crippen LogP contribution in [0.5, 0.6) is 0 Å². The zero-order valence-corrected chi connectivity index (χ0v) is 13.7. The minimum Gasteiger partial charge on any atom is -0.466 e. The molecule has 4 atom stereocenters. The molecule has 0 aromatic rings. The van der Waals surface area contributed by atoms with Crippen molar-refractivity contribution in [2.24, 2.45) is 5.92 Å². The fourth-order valence-corrected chi connectivity index (χ4v) is 4.77. The minimum absolute atomic E-state index is 0.0184. The van der Waals surface area contributed by atoms with Crippen LogP contribution in [-0.4, -0.2) is 35.7 Å². The van der Waals surface area contributed by atoms with E-state index in [9.17, 15) is 4.79 Å². The average Bonchev–Trinajstić information content (AvgIpc) is 2.87. The first-order valence-electron chi connectivity index (χ1n) is 8.27. The number of thioether (sulfide) groups is 1. The fourth-order valence-electron chi connectivity index (χ4n) is 3.63. The van der Waals surface area contributed by atoms with Crippen LogP contribution < -0.4 is 5.32 Å². The van der Waals surface area contributed by atoms with E-state index < -0.39 is 0 Å². The Bertz CT molecular complexity index is 311. The summed E-state index contributed by atoms with van der Waals surface area (Å²) in [7, 11) is 0. The molecule has 0 aromatic carbocycles. The SMILES string of the molecule is CCOC(=O)C1CCCC(NC2CCC(SCC)C2)C1. The van der Waals surface area contributed by atoms with Crippen molar-refractivity contribution in [2.75, 3.05) is 12.4 Å². The molecule has 2 fully saturated rings. The van der Waals surface area contributed by atoms with Gasteiger partial charge in [-0.2, -0.15) is 11.8 Å². The number of hydrogen-bond acceptors (Lipinski definition) is 4. The van der Waals surface area contributed by atoms with Crippen LogP contribution in [0.2, 0.25) is 0 Å². The molecule has 2 saturated carbocycles. The monoisotopic (exact) mass is 299 g/mol. The van der Waals surface area contributed by atoms with E-state index in [0.29, 0.717) is 18.7 Å². The molecule has 3 nitrogen and oxygen atoms in total. The highest BCUT2D eigenvalue weighted by Crippen LogP contribution is 2.32. The van der Waals surface area contributed by atoms with E-state index in [4.69, 9.17) is 4.74 Å². The maximum atomic E-state index is 11.9. The quantitative estimate of drug-likeness (QED) is 0.763. The first-order chi connectivity index (χ1) is 9.72. The van der Waals surface area contributed by atoms with Crippen molar-refractivity contribution in [3.05, 3.63) is 0 Å². The van der Waals surface area contributed by atoms with Crippen molar-refractivity contribution in [1.29, 1.82) is 0 Å². The second-order valence-electron chi connectivity index (χ2n) is 6.07. The molecule has 2 aliphatic carbocycles. The van der Waals surface area contributed by atoms with E-state index in [-0.39, 0.29) is 11.9 Å². The number of esters is 1. The molecule has 4 heteroatoms. The Balaban J connectivity index is 1.74. The van der Waals surface area contributed by atoms with E-state index >= 15 is 0 Å². The van der Waals surface area contributed by atoms with Crippen LogP contribution in [0.15, 0.2) is 0 Å². The second kappa shape index (κ2) is 8.28. The Hall–Kier alpha value is -0.220. The standard InChI is InChI=1S/C16H29NO2S/c1-3-19-16(18)12-6-5-7-13(10-12)17-14-8-9-15(11-14)20-4-2/h12-15,17H,3-11H2,1-2H3. The Morgan fingerprint density at radius 3 is 2.70 bits per heavy atom. The van der Waals surface area contributed by atoms with Crippen molar-refractivity contribution < 1.29 is 9.53 Å². The van der Waals surface area contributed by atoms with Crippen LogP contribution in [0, 0.1) is 5.92 Å². The number of carbonyl (C=O) groups is 1. The maximum Gasteiger partial charge on any atom is 0.308 e. The summed E-state index contributed by atoms with van der Waals surface area (Å²) in [5.41, 5.74) is 0. The molecule has 2 rings (SSSR count). The van der Waals surface area contributed by atoms with Gasteiger partial charge in [0, 0.05) is 17.3 Å². The van der Waals surface area contributed by atoms with Crippen LogP contribution in [0.3, 0.4) is 0 Å². The van der Waals surface area contributed by atoms with Crippen molar-refractivity contribution in [3.8, 4) is 0 Å². The van der Waals surface area contributed by atoms with Gasteiger partial charge in [0.15, 0.2) is 0 Å². The molecular formula is C16H29NO2S. The van der Waals surface area contributed by atoms with Crippen LogP contribution in [0.1, 0.15) is 58.8 Å². The summed E-state index contributed by atoms with van der Waals surface area (Å²) in [6.07, 6.45) is 8.32. The van der Waals surface area contributed by atoms with Crippen LogP contribution in [-0.2, 0) is 9.53 Å². The molecule has 1 N–H and O–H groups in total. The van der Waals surface area contributed by atoms with Crippen LogP contribution in [0.25, 0.3) is 0 Å². The summed E-state index contributed by atoms with van der Waals surface area (Å²) in [4.78, 5) is 11.9. The molecule has 0 bridgehead atoms. The summed E-state index contributed by atoms with van der Waals surface area (Å²) in [6.45, 7) is 4.64. The number of carbonyl (C=O) groups excluding carboxylic acids is 1. The van der Waals surface area contributed by atoms with Gasteiger partial charge in [-0.05, 0) is 51.2 Å². The van der Waals surface area contributed by atoms with Gasteiger partial charge in [0.1, 0.15) is 0 Å². The Labute approximate surface area is 127 Å². The number of rotatable bonds is 6. The molecule has 0 aliphatic heterocycles. The van der Waals surface area contributed by atoms with E-state index in [1.165, 1.54) is 31.4 Å². The average molecular weight is 299 g/mol. The molecule has 0 spiro atoms. The Kier molecular flexibility index (Phi) is 6.69. The predicted molar refractivity (Wildman–Crippen MR) is 85.1 cm³/mol. The summed E-state index contributed by atoms with van der Waals surface area (Å²) in [5.74, 6) is 1.37. The van der Waals surface area contributed by atoms with Gasteiger partial charge in [0.25, 0.3) is 0 Å². The highest BCUT2D eigenvalue weighted by atomic mass is 32.2. The molecule has 2 aliphatic rings. The number of nitrogens with one attached hydrogen (secondary N) is 1. The van der Waals surface area contributed by atoms with Gasteiger partial charge in [0.05, 0.1) is 12.5 Å². The van der Waals surface area contributed by atoms with Gasteiger partial charge in [-0.3, -0.25) is 4.79 Å². The Morgan fingerprint density at radius 1 is 1.15 bits per heavy atom. The van der Waals surface area contributed by atoms with Crippen molar-refractivity contribution in [3.63, 3.8) is 0 Å². The maximum absolute atomic E-state index is 11.9. The van der Waals surface area contributed by atoms with Gasteiger partial charge in [-0.15, -0.1) is 0 Å². The lowest BCUT2D eigenvalue weighted by molar-refractivity contribution is -0.149. The molecule has 0 heterocycles. The fraction of sp³-hybridized carbons (Fsp3) is 0.938. The third-order valence-electron chi connectivity index (χ3n) is 4.55. The topological polar surface area (TPSA) is 38.3 Å². The summed E-state index contributed by atoms with van der Waals surface area (Å²) in [5, 5.41) is 4.66. The molecule has 4 unspecified atom stereocenters. The normalized spacial score (nSPS) is 34.1. The van der Waals surface area contributed by atoms with Gasteiger partial charge in [0.2, 0.25) is 0 Å². The molecule has 0 amide bonds. The molecule has 20 heavy (non-hydrogen) atoms. The lowest BCUT2D eigenvalue weighted by Gasteiger charge is -2.30. The van der Waals surface area contributed by atoms with E-state index in [1.54, 1.807) is 0 Å². The zero-order chi connectivity index (χ0) is 14.4. The highest BCUT2D eigenvalue weighted by Gasteiger charge is 2.31. The third kappa shape index (κ3) is 4.66. The first kappa shape index (κ1) is 16.2. The lowest BCUT2D eigenvalue weighted by atomic mass is 9.85. The van der Waals surface area contributed by atoms with Crippen LogP contribution >= 0.6 is 11.8 Å². The molecule has 0 saturated heterocycles. The van der Waals surface area contributed by atoms with Crippen molar-refractivity contribution in [1.82, 2.24) is 5.32 Å². The summed E-state index contributed by atoms with van der Waals surface area (Å²) in [6, 6.07) is 1.19. The number of ether oxygens (including phenoxy) is 1. The van der Waals surface area contributed by atoms with Crippen molar-refractivity contribution in [2.45, 2.75) is 76.1 Å². The third-order valence-corrected chi connectivity index (χ3v) is 5.79. The minimum atomic E-state index is 0.0184. The Morgan fingerprint density at radius 2 is 1.95 bits per heavy atom. The molecule has 0 radical (unpaired) electrons. The predicted octanol–water partition coefficient (Wildman–Crippen LogP) is 3.37. The summed E-state index contributed by atoms with van der Waals surface area (Å²) < 4.78 is 5.18. The van der Waals surface area contributed by atoms with E-state index in [0.717, 1.165) is 24.5 Å². The van der Waals surface area contributed by atoms with E-state index in [1.807, 2.05) is 6.92 Å². The zero-order valence-electron chi connectivity index (χ0n) is 12.9. The smallest absolute Gasteiger partial charge is 0.308 e. The number of hydrogen-bond donors (Lipinski definition) is 1. The van der Waals surface area contributed by atoms with Gasteiger partial charge < -0.3 is 10.1 Å². The summed E-state index contributed by atoms with van der Waals surface area (Å²) >= 11 is 2.10. The van der Waals surface area contributed by atoms with Gasteiger partial charge in [-0.1, -0.05) is 13.3 Å². The van der Waals surface area contributed by atoms with E-state index in [2.05, 4.69) is 24.0 Å². The lowest BCUT2D eigenvalue weighted by Crippen LogP contribution is -2.41. The second-order valence-corrected chi connectivity index (χ2v) is 7.64. The molecule has 0 aromatic heterocycles. The van der Waals surface area contributed by atoms with Crippen molar-refractivity contribution >= 4 is 17.7 Å². The van der Waals surface area contributed by atoms with Gasteiger partial charge >= 0.3 is 5.97 Å². The van der Waals surface area contributed by atoms with Gasteiger partial charge in [-0.25, -0.2) is 0 Å². The molecule has 116 valence electrons. The first-order valence-corrected chi connectivity index (χ1v) is 9.32. The van der Waals surface area contributed by atoms with Crippen LogP contribution in [0.4, 0.5) is 0 Å².